The summed E-state index contributed by atoms with van der Waals surface area (Å²) in [5.74, 6) is -1.63. The standard InChI is InChI=1S/C20H10F5N2O4/c21-19(22)31-15-4-2-12(18(28)27(29)11-5-7-26-8-6-11)16-13-9-10(20(23,24)25)1-3-14(13)30-17(15)16/h1-9,19H/q-1. The molecule has 2 aromatic carbocycles. The van der Waals surface area contributed by atoms with Crippen LogP contribution in [0.5, 0.6) is 5.75 Å². The number of furan rings is 1. The van der Waals surface area contributed by atoms with Crippen molar-refractivity contribution >= 4 is 33.5 Å². The maximum atomic E-state index is 13.2. The summed E-state index contributed by atoms with van der Waals surface area (Å²) in [7, 11) is 0. The van der Waals surface area contributed by atoms with Crippen LogP contribution >= 0.6 is 0 Å². The number of nitrogens with zero attached hydrogens (tertiary/aromatic N) is 2. The molecule has 4 rings (SSSR count). The molecule has 0 saturated carbocycles. The van der Waals surface area contributed by atoms with Crippen LogP contribution in [-0.2, 0) is 6.18 Å². The summed E-state index contributed by atoms with van der Waals surface area (Å²) >= 11 is 0. The van der Waals surface area contributed by atoms with Gasteiger partial charge in [-0.1, -0.05) is 0 Å². The highest BCUT2D eigenvalue weighted by Crippen LogP contribution is 2.41. The Hall–Kier alpha value is -3.73. The number of alkyl halides is 5. The number of halogens is 5. The summed E-state index contributed by atoms with van der Waals surface area (Å²) in [6, 6.07) is 6.97. The van der Waals surface area contributed by atoms with E-state index >= 15 is 0 Å². The first-order valence-electron chi connectivity index (χ1n) is 8.59. The number of pyridine rings is 1. The molecule has 0 spiro atoms. The Labute approximate surface area is 170 Å². The molecule has 0 aliphatic carbocycles. The van der Waals surface area contributed by atoms with E-state index in [-0.39, 0.29) is 38.3 Å². The number of carbonyl (C=O) groups is 1. The zero-order valence-corrected chi connectivity index (χ0v) is 15.2. The summed E-state index contributed by atoms with van der Waals surface area (Å²) in [4.78, 5) is 16.6. The second kappa shape index (κ2) is 7.51. The molecule has 0 aliphatic rings. The summed E-state index contributed by atoms with van der Waals surface area (Å²) in [6.45, 7) is -3.25. The van der Waals surface area contributed by atoms with Gasteiger partial charge in [0.1, 0.15) is 5.58 Å². The van der Waals surface area contributed by atoms with Gasteiger partial charge < -0.3 is 19.4 Å². The van der Waals surface area contributed by atoms with Gasteiger partial charge in [-0.25, -0.2) is 0 Å². The molecule has 0 atom stereocenters. The Bertz CT molecular complexity index is 1270. The fourth-order valence-electron chi connectivity index (χ4n) is 3.11. The number of hydrogen-bond acceptors (Lipinski definition) is 5. The first kappa shape index (κ1) is 20.5. The zero-order valence-electron chi connectivity index (χ0n) is 15.2. The molecule has 11 heteroatoms. The van der Waals surface area contributed by atoms with Crippen molar-refractivity contribution < 1.29 is 35.9 Å². The van der Waals surface area contributed by atoms with Crippen molar-refractivity contribution in [2.24, 2.45) is 0 Å². The van der Waals surface area contributed by atoms with Gasteiger partial charge in [0.15, 0.2) is 11.3 Å². The van der Waals surface area contributed by atoms with E-state index in [0.717, 1.165) is 24.3 Å². The molecule has 4 aromatic rings. The van der Waals surface area contributed by atoms with Crippen LogP contribution in [0.4, 0.5) is 27.6 Å². The smallest absolute Gasteiger partial charge is 0.416 e. The van der Waals surface area contributed by atoms with E-state index in [0.29, 0.717) is 6.07 Å². The van der Waals surface area contributed by atoms with E-state index in [9.17, 15) is 32.0 Å². The lowest BCUT2D eigenvalue weighted by molar-refractivity contribution is -0.137. The second-order valence-electron chi connectivity index (χ2n) is 6.31. The minimum absolute atomic E-state index is 0.0105. The lowest BCUT2D eigenvalue weighted by Crippen LogP contribution is -2.24. The van der Waals surface area contributed by atoms with Crippen LogP contribution in [-0.4, -0.2) is 17.5 Å². The van der Waals surface area contributed by atoms with Crippen molar-refractivity contribution in [2.45, 2.75) is 12.8 Å². The molecule has 2 aromatic heterocycles. The van der Waals surface area contributed by atoms with E-state index in [1.165, 1.54) is 24.5 Å². The third-order valence-electron chi connectivity index (χ3n) is 4.44. The molecule has 0 N–H and O–H groups in total. The van der Waals surface area contributed by atoms with Crippen LogP contribution in [0.15, 0.2) is 59.3 Å². The molecule has 0 aliphatic heterocycles. The van der Waals surface area contributed by atoms with Gasteiger partial charge >= 0.3 is 12.8 Å². The van der Waals surface area contributed by atoms with Gasteiger partial charge in [0.25, 0.3) is 0 Å². The first-order chi connectivity index (χ1) is 14.7. The van der Waals surface area contributed by atoms with E-state index in [1.54, 1.807) is 0 Å². The van der Waals surface area contributed by atoms with E-state index in [1.807, 2.05) is 0 Å². The van der Waals surface area contributed by atoms with Crippen molar-refractivity contribution in [1.29, 1.82) is 0 Å². The van der Waals surface area contributed by atoms with Crippen LogP contribution in [0, 0.1) is 5.21 Å². The molecule has 31 heavy (non-hydrogen) atoms. The van der Waals surface area contributed by atoms with Gasteiger partial charge in [0, 0.05) is 28.9 Å². The van der Waals surface area contributed by atoms with Crippen LogP contribution in [0.2, 0.25) is 0 Å². The quantitative estimate of drug-likeness (QED) is 0.300. The summed E-state index contributed by atoms with van der Waals surface area (Å²) < 4.78 is 75.0. The number of carbonyl (C=O) groups excluding carboxylic acids is 1. The Morgan fingerprint density at radius 3 is 2.45 bits per heavy atom. The average Bonchev–Trinajstić information content (AvgIpc) is 3.12. The molecule has 0 saturated heterocycles. The zero-order chi connectivity index (χ0) is 22.3. The predicted molar refractivity (Wildman–Crippen MR) is 99.8 cm³/mol. The van der Waals surface area contributed by atoms with E-state index in [4.69, 9.17) is 4.42 Å². The van der Waals surface area contributed by atoms with Gasteiger partial charge in [0.05, 0.1) is 11.1 Å². The molecule has 0 unspecified atom stereocenters. The number of anilines is 1. The van der Waals surface area contributed by atoms with E-state index < -0.39 is 30.0 Å². The number of amides is 1. The molecule has 160 valence electrons. The Kier molecular flexibility index (Phi) is 4.97. The molecule has 1 amide bonds. The summed E-state index contributed by atoms with van der Waals surface area (Å²) in [5.41, 5.74) is -1.96. The lowest BCUT2D eigenvalue weighted by atomic mass is 10.0. The molecule has 0 bridgehead atoms. The predicted octanol–water partition coefficient (Wildman–Crippen LogP) is 5.75. The van der Waals surface area contributed by atoms with Crippen LogP contribution < -0.4 is 9.80 Å². The first-order valence-corrected chi connectivity index (χ1v) is 8.59. The third kappa shape index (κ3) is 3.75. The van der Waals surface area contributed by atoms with Gasteiger partial charge in [-0.15, -0.1) is 0 Å². The molecular formula is C20H10F5N2O4-. The Morgan fingerprint density at radius 1 is 1.10 bits per heavy atom. The molecule has 6 nitrogen and oxygen atoms in total. The molecule has 0 fully saturated rings. The Balaban J connectivity index is 1.97. The monoisotopic (exact) mass is 437 g/mol. The number of hydroxylamine groups is 1. The highest BCUT2D eigenvalue weighted by molar-refractivity contribution is 6.21. The van der Waals surface area contributed by atoms with Crippen molar-refractivity contribution in [3.8, 4) is 5.75 Å². The van der Waals surface area contributed by atoms with Crippen molar-refractivity contribution in [1.82, 2.24) is 4.98 Å². The van der Waals surface area contributed by atoms with Crippen molar-refractivity contribution in [3.05, 3.63) is 71.2 Å². The van der Waals surface area contributed by atoms with Gasteiger partial charge in [0.2, 0.25) is 5.91 Å². The maximum absolute atomic E-state index is 13.2. The third-order valence-corrected chi connectivity index (χ3v) is 4.44. The van der Waals surface area contributed by atoms with Gasteiger partial charge in [-0.3, -0.25) is 9.78 Å². The largest absolute Gasteiger partial charge is 0.751 e. The molecule has 0 radical (unpaired) electrons. The number of rotatable bonds is 4. The lowest BCUT2D eigenvalue weighted by Gasteiger charge is -2.28. The molecular weight excluding hydrogens is 427 g/mol. The highest BCUT2D eigenvalue weighted by atomic mass is 19.4. The number of benzene rings is 2. The van der Waals surface area contributed by atoms with Crippen LogP contribution in [0.25, 0.3) is 21.9 Å². The Morgan fingerprint density at radius 2 is 1.81 bits per heavy atom. The minimum atomic E-state index is -4.71. The van der Waals surface area contributed by atoms with Crippen LogP contribution in [0.1, 0.15) is 15.9 Å². The topological polar surface area (TPSA) is 78.6 Å². The van der Waals surface area contributed by atoms with E-state index in [2.05, 4.69) is 9.72 Å². The van der Waals surface area contributed by atoms with Gasteiger partial charge in [-0.05, 0) is 42.5 Å². The van der Waals surface area contributed by atoms with Gasteiger partial charge in [-0.2, -0.15) is 22.0 Å². The van der Waals surface area contributed by atoms with Crippen molar-refractivity contribution in [3.63, 3.8) is 0 Å². The second-order valence-corrected chi connectivity index (χ2v) is 6.31. The summed E-state index contributed by atoms with van der Waals surface area (Å²) in [6.07, 6.45) is -2.17. The fourth-order valence-corrected chi connectivity index (χ4v) is 3.11. The fraction of sp³-hybridized carbons (Fsp3) is 0.100. The van der Waals surface area contributed by atoms with Crippen molar-refractivity contribution in [2.75, 3.05) is 5.06 Å². The average molecular weight is 437 g/mol. The number of aromatic nitrogens is 1. The highest BCUT2D eigenvalue weighted by Gasteiger charge is 2.32. The summed E-state index contributed by atoms with van der Waals surface area (Å²) in [5, 5.41) is 12.1. The SMILES string of the molecule is O=C(c1ccc(OC(F)F)c2oc3ccc(C(F)(F)F)cc3c12)N([O-])c1ccncc1. The number of hydrogen-bond donors (Lipinski definition) is 0. The number of fused-ring (bicyclic) bond motifs is 3. The van der Waals surface area contributed by atoms with Crippen LogP contribution in [0.3, 0.4) is 0 Å². The normalized spacial score (nSPS) is 12.0. The molecule has 2 heterocycles. The maximum Gasteiger partial charge on any atom is 0.416 e. The number of ether oxygens (including phenoxy) is 1. The minimum Gasteiger partial charge on any atom is -0.751 e.